The summed E-state index contributed by atoms with van der Waals surface area (Å²) in [4.78, 5) is 6.39. The molecule has 1 fully saturated rings. The second-order valence-electron chi connectivity index (χ2n) is 6.32. The predicted octanol–water partition coefficient (Wildman–Crippen LogP) is 1.69. The Labute approximate surface area is 176 Å². The number of hydrogen-bond acceptors (Lipinski definition) is 3. The lowest BCUT2D eigenvalue weighted by Crippen LogP contribution is -2.41. The van der Waals surface area contributed by atoms with Gasteiger partial charge in [0.1, 0.15) is 0 Å². The molecule has 1 unspecified atom stereocenters. The van der Waals surface area contributed by atoms with Crippen molar-refractivity contribution in [2.75, 3.05) is 40.0 Å². The first kappa shape index (κ1) is 22.7. The van der Waals surface area contributed by atoms with Crippen LogP contribution < -0.4 is 5.32 Å². The van der Waals surface area contributed by atoms with Crippen LogP contribution in [0.3, 0.4) is 0 Å². The van der Waals surface area contributed by atoms with E-state index < -0.39 is 10.0 Å². The van der Waals surface area contributed by atoms with Gasteiger partial charge >= 0.3 is 0 Å². The minimum atomic E-state index is -3.08. The first-order valence-electron chi connectivity index (χ1n) is 7.88. The van der Waals surface area contributed by atoms with E-state index in [9.17, 15) is 8.42 Å². The highest BCUT2D eigenvalue weighted by Crippen LogP contribution is 2.18. The van der Waals surface area contributed by atoms with Crippen molar-refractivity contribution >= 4 is 55.9 Å². The summed E-state index contributed by atoms with van der Waals surface area (Å²) in [5, 5.41) is 3.36. The Morgan fingerprint density at radius 3 is 2.68 bits per heavy atom. The van der Waals surface area contributed by atoms with Gasteiger partial charge in [0.25, 0.3) is 0 Å². The molecule has 1 aromatic heterocycles. The highest BCUT2D eigenvalue weighted by Gasteiger charge is 2.28. The first-order valence-corrected chi connectivity index (χ1v) is 10.5. The Kier molecular flexibility index (Phi) is 8.69. The van der Waals surface area contributed by atoms with Gasteiger partial charge in [0, 0.05) is 57.1 Å². The van der Waals surface area contributed by atoms with Gasteiger partial charge in [-0.3, -0.25) is 4.99 Å². The number of sulfonamides is 1. The molecule has 25 heavy (non-hydrogen) atoms. The number of guanidine groups is 1. The van der Waals surface area contributed by atoms with Gasteiger partial charge < -0.3 is 14.8 Å². The minimum absolute atomic E-state index is 0. The zero-order valence-corrected chi connectivity index (χ0v) is 19.8. The quantitative estimate of drug-likeness (QED) is 0.346. The number of nitrogens with one attached hydrogen (secondary N) is 1. The molecule has 0 aromatic carbocycles. The maximum Gasteiger partial charge on any atom is 0.211 e. The maximum absolute atomic E-state index is 11.6. The van der Waals surface area contributed by atoms with Crippen molar-refractivity contribution in [3.8, 4) is 0 Å². The summed E-state index contributed by atoms with van der Waals surface area (Å²) in [7, 11) is 2.69. The lowest BCUT2D eigenvalue weighted by Gasteiger charge is -2.23. The molecule has 1 aliphatic rings. The molecule has 2 heterocycles. The largest absolute Gasteiger partial charge is 0.356 e. The van der Waals surface area contributed by atoms with Gasteiger partial charge in [-0.05, 0) is 34.3 Å². The topological polar surface area (TPSA) is 69.9 Å². The Hall–Kier alpha value is -0.330. The normalized spacial score (nSPS) is 18.9. The van der Waals surface area contributed by atoms with Gasteiger partial charge in [0.2, 0.25) is 10.0 Å². The van der Waals surface area contributed by atoms with Crippen molar-refractivity contribution in [1.82, 2.24) is 19.1 Å². The smallest absolute Gasteiger partial charge is 0.211 e. The van der Waals surface area contributed by atoms with Crippen LogP contribution >= 0.6 is 39.9 Å². The lowest BCUT2D eigenvalue weighted by molar-refractivity contribution is 0.437. The standard InChI is InChI=1S/C15H26BrN5O2S.HI/c1-17-15(20(3)11-14-7-13(16)10-19(14)2)18-8-12-5-6-21(9-12)24(4,22)23;/h7,10,12H,5-6,8-9,11H2,1-4H3,(H,17,18);1H. The number of aromatic nitrogens is 1. The van der Waals surface area contributed by atoms with Crippen LogP contribution in [0.25, 0.3) is 0 Å². The van der Waals surface area contributed by atoms with E-state index in [1.807, 2.05) is 20.3 Å². The average Bonchev–Trinajstić information content (AvgIpc) is 3.06. The van der Waals surface area contributed by atoms with Crippen LogP contribution in [0, 0.1) is 5.92 Å². The molecule has 0 bridgehead atoms. The minimum Gasteiger partial charge on any atom is -0.356 e. The summed E-state index contributed by atoms with van der Waals surface area (Å²) in [6, 6.07) is 2.09. The molecule has 0 spiro atoms. The van der Waals surface area contributed by atoms with Crippen molar-refractivity contribution in [3.63, 3.8) is 0 Å². The number of hydrogen-bond donors (Lipinski definition) is 1. The SMILES string of the molecule is CN=C(NCC1CCN(S(C)(=O)=O)C1)N(C)Cc1cc(Br)cn1C.I. The van der Waals surface area contributed by atoms with Crippen LogP contribution in [0.1, 0.15) is 12.1 Å². The summed E-state index contributed by atoms with van der Waals surface area (Å²) in [5.74, 6) is 1.12. The molecule has 144 valence electrons. The molecule has 1 saturated heterocycles. The van der Waals surface area contributed by atoms with Crippen LogP contribution in [0.2, 0.25) is 0 Å². The highest BCUT2D eigenvalue weighted by molar-refractivity contribution is 14.0. The number of rotatable bonds is 5. The molecular weight excluding hydrogens is 521 g/mol. The van der Waals surface area contributed by atoms with Gasteiger partial charge in [-0.2, -0.15) is 0 Å². The molecular formula is C15H27BrIN5O2S. The zero-order chi connectivity index (χ0) is 17.9. The Morgan fingerprint density at radius 2 is 2.20 bits per heavy atom. The van der Waals surface area contributed by atoms with Crippen LogP contribution in [-0.4, -0.2) is 68.1 Å². The van der Waals surface area contributed by atoms with Crippen molar-refractivity contribution in [1.29, 1.82) is 0 Å². The van der Waals surface area contributed by atoms with Gasteiger partial charge in [-0.15, -0.1) is 24.0 Å². The average molecular weight is 548 g/mol. The fraction of sp³-hybridized carbons (Fsp3) is 0.667. The highest BCUT2D eigenvalue weighted by atomic mass is 127. The monoisotopic (exact) mass is 547 g/mol. The van der Waals surface area contributed by atoms with E-state index in [0.29, 0.717) is 19.0 Å². The number of nitrogens with zero attached hydrogens (tertiary/aromatic N) is 4. The van der Waals surface area contributed by atoms with E-state index in [1.165, 1.54) is 11.9 Å². The number of aryl methyl sites for hydroxylation is 1. The Morgan fingerprint density at radius 1 is 1.52 bits per heavy atom. The van der Waals surface area contributed by atoms with E-state index in [1.54, 1.807) is 11.4 Å². The fourth-order valence-corrected chi connectivity index (χ4v) is 4.42. The maximum atomic E-state index is 11.6. The van der Waals surface area contributed by atoms with Crippen molar-refractivity contribution in [2.45, 2.75) is 13.0 Å². The molecule has 7 nitrogen and oxygen atoms in total. The van der Waals surface area contributed by atoms with Crippen molar-refractivity contribution in [2.24, 2.45) is 18.0 Å². The van der Waals surface area contributed by atoms with Gasteiger partial charge in [-0.25, -0.2) is 12.7 Å². The first-order chi connectivity index (χ1) is 11.2. The Bertz CT molecular complexity index is 707. The third-order valence-corrected chi connectivity index (χ3v) is 6.02. The third-order valence-electron chi connectivity index (χ3n) is 4.31. The third kappa shape index (κ3) is 6.40. The van der Waals surface area contributed by atoms with Gasteiger partial charge in [0.05, 0.1) is 12.8 Å². The molecule has 1 N–H and O–H groups in total. The second-order valence-corrected chi connectivity index (χ2v) is 9.22. The van der Waals surface area contributed by atoms with E-state index in [2.05, 4.69) is 41.8 Å². The predicted molar refractivity (Wildman–Crippen MR) is 116 cm³/mol. The molecule has 0 amide bonds. The molecule has 10 heteroatoms. The lowest BCUT2D eigenvalue weighted by atomic mass is 10.1. The molecule has 1 atom stereocenters. The summed E-state index contributed by atoms with van der Waals surface area (Å²) in [5.41, 5.74) is 1.18. The van der Waals surface area contributed by atoms with Crippen molar-refractivity contribution < 1.29 is 8.42 Å². The summed E-state index contributed by atoms with van der Waals surface area (Å²) in [6.07, 6.45) is 4.18. The van der Waals surface area contributed by atoms with E-state index in [4.69, 9.17) is 0 Å². The summed E-state index contributed by atoms with van der Waals surface area (Å²) in [6.45, 7) is 2.65. The molecule has 0 radical (unpaired) electrons. The number of aliphatic imine (C=N–C) groups is 1. The summed E-state index contributed by atoms with van der Waals surface area (Å²) < 4.78 is 27.9. The molecule has 2 rings (SSSR count). The van der Waals surface area contributed by atoms with E-state index in [-0.39, 0.29) is 24.0 Å². The molecule has 0 saturated carbocycles. The van der Waals surface area contributed by atoms with Gasteiger partial charge in [0.15, 0.2) is 5.96 Å². The number of halogens is 2. The van der Waals surface area contributed by atoms with E-state index >= 15 is 0 Å². The molecule has 1 aromatic rings. The Balaban J connectivity index is 0.00000312. The zero-order valence-electron chi connectivity index (χ0n) is 15.1. The van der Waals surface area contributed by atoms with Crippen molar-refractivity contribution in [3.05, 3.63) is 22.4 Å². The fourth-order valence-electron chi connectivity index (χ4n) is 2.93. The van der Waals surface area contributed by atoms with Crippen LogP contribution in [-0.2, 0) is 23.6 Å². The van der Waals surface area contributed by atoms with Gasteiger partial charge in [-0.1, -0.05) is 0 Å². The van der Waals surface area contributed by atoms with Crippen LogP contribution in [0.5, 0.6) is 0 Å². The molecule has 1 aliphatic heterocycles. The van der Waals surface area contributed by atoms with E-state index in [0.717, 1.165) is 29.9 Å². The van der Waals surface area contributed by atoms with Crippen LogP contribution in [0.4, 0.5) is 0 Å². The van der Waals surface area contributed by atoms with Crippen LogP contribution in [0.15, 0.2) is 21.7 Å². The summed E-state index contributed by atoms with van der Waals surface area (Å²) >= 11 is 3.49. The second kappa shape index (κ2) is 9.56. The molecule has 0 aliphatic carbocycles.